The van der Waals surface area contributed by atoms with Gasteiger partial charge in [-0.25, -0.2) is 4.39 Å². The molecule has 0 aliphatic carbocycles. The van der Waals surface area contributed by atoms with Crippen LogP contribution in [0.1, 0.15) is 36.2 Å². The van der Waals surface area contributed by atoms with Crippen LogP contribution in [0.5, 0.6) is 0 Å². The summed E-state index contributed by atoms with van der Waals surface area (Å²) in [5.41, 5.74) is 6.66. The zero-order valence-electron chi connectivity index (χ0n) is 12.1. The number of nitrogens with zero attached hydrogens (tertiary/aromatic N) is 1. The largest absolute Gasteiger partial charge is 0.393 e. The van der Waals surface area contributed by atoms with Gasteiger partial charge in [-0.3, -0.25) is 4.79 Å². The topological polar surface area (TPSA) is 46.3 Å². The number of carbonyl (C=O) groups is 1. The fourth-order valence-corrected chi connectivity index (χ4v) is 2.05. The Hall–Kier alpha value is -1.49. The zero-order chi connectivity index (χ0) is 15.3. The van der Waals surface area contributed by atoms with Crippen molar-refractivity contribution in [1.29, 1.82) is 0 Å². The highest BCUT2D eigenvalue weighted by Crippen LogP contribution is 2.14. The molecule has 0 spiro atoms. The van der Waals surface area contributed by atoms with E-state index >= 15 is 0 Å². The summed E-state index contributed by atoms with van der Waals surface area (Å²) in [5.74, 6) is -0.260. The van der Waals surface area contributed by atoms with E-state index in [0.29, 0.717) is 36.0 Å². The molecule has 0 saturated heterocycles. The number of thiocarbonyl (C=S) groups is 1. The minimum Gasteiger partial charge on any atom is -0.393 e. The minimum atomic E-state index is -0.405. The molecule has 0 atom stereocenters. The molecule has 110 valence electrons. The molecule has 0 heterocycles. The third-order valence-electron chi connectivity index (χ3n) is 2.93. The molecule has 1 aromatic rings. The molecule has 1 rings (SSSR count). The van der Waals surface area contributed by atoms with Crippen LogP contribution in [-0.2, 0) is 0 Å². The first-order chi connectivity index (χ1) is 9.31. The van der Waals surface area contributed by atoms with Crippen LogP contribution >= 0.6 is 12.2 Å². The maximum absolute atomic E-state index is 13.3. The summed E-state index contributed by atoms with van der Waals surface area (Å²) in [6, 6.07) is 4.25. The summed E-state index contributed by atoms with van der Waals surface area (Å²) in [4.78, 5) is 14.6. The second-order valence-corrected chi connectivity index (χ2v) is 5.84. The van der Waals surface area contributed by atoms with Gasteiger partial charge in [-0.1, -0.05) is 32.1 Å². The standard InChI is InChI=1S/C15H21FN2OS/c1-10(2)9-18(7-6-14(17)20)15(19)13-8-12(16)5-4-11(13)3/h4-5,8,10H,6-7,9H2,1-3H3,(H2,17,20). The van der Waals surface area contributed by atoms with Gasteiger partial charge < -0.3 is 10.6 Å². The molecule has 20 heavy (non-hydrogen) atoms. The molecular formula is C15H21FN2OS. The van der Waals surface area contributed by atoms with Crippen molar-refractivity contribution in [2.24, 2.45) is 11.7 Å². The molecule has 0 radical (unpaired) electrons. The molecule has 0 aliphatic heterocycles. The van der Waals surface area contributed by atoms with Crippen LogP contribution < -0.4 is 5.73 Å². The van der Waals surface area contributed by atoms with E-state index in [1.165, 1.54) is 12.1 Å². The number of benzene rings is 1. The second kappa shape index (κ2) is 7.33. The van der Waals surface area contributed by atoms with Gasteiger partial charge in [0, 0.05) is 25.1 Å². The van der Waals surface area contributed by atoms with Crippen molar-refractivity contribution in [3.05, 3.63) is 35.1 Å². The number of hydrogen-bond donors (Lipinski definition) is 1. The summed E-state index contributed by atoms with van der Waals surface area (Å²) in [5, 5.41) is 0. The van der Waals surface area contributed by atoms with E-state index in [-0.39, 0.29) is 5.91 Å². The number of halogens is 1. The fourth-order valence-electron chi connectivity index (χ4n) is 1.96. The van der Waals surface area contributed by atoms with Gasteiger partial charge in [-0.2, -0.15) is 0 Å². The van der Waals surface area contributed by atoms with Crippen molar-refractivity contribution in [3.63, 3.8) is 0 Å². The van der Waals surface area contributed by atoms with Gasteiger partial charge >= 0.3 is 0 Å². The van der Waals surface area contributed by atoms with Crippen molar-refractivity contribution < 1.29 is 9.18 Å². The van der Waals surface area contributed by atoms with Gasteiger partial charge in [0.15, 0.2) is 0 Å². The summed E-state index contributed by atoms with van der Waals surface area (Å²) in [6.45, 7) is 6.91. The van der Waals surface area contributed by atoms with E-state index in [9.17, 15) is 9.18 Å². The Kier molecular flexibility index (Phi) is 6.07. The van der Waals surface area contributed by atoms with Crippen LogP contribution in [0.3, 0.4) is 0 Å². The van der Waals surface area contributed by atoms with Crippen LogP contribution in [0.25, 0.3) is 0 Å². The Morgan fingerprint density at radius 3 is 2.65 bits per heavy atom. The van der Waals surface area contributed by atoms with Gasteiger partial charge in [0.25, 0.3) is 5.91 Å². The van der Waals surface area contributed by atoms with Crippen molar-refractivity contribution >= 4 is 23.1 Å². The van der Waals surface area contributed by atoms with Crippen molar-refractivity contribution in [3.8, 4) is 0 Å². The van der Waals surface area contributed by atoms with Crippen molar-refractivity contribution in [1.82, 2.24) is 4.90 Å². The lowest BCUT2D eigenvalue weighted by atomic mass is 10.1. The maximum atomic E-state index is 13.3. The Balaban J connectivity index is 2.96. The van der Waals surface area contributed by atoms with E-state index in [2.05, 4.69) is 0 Å². The Morgan fingerprint density at radius 2 is 2.10 bits per heavy atom. The molecule has 1 amide bonds. The van der Waals surface area contributed by atoms with Crippen molar-refractivity contribution in [2.75, 3.05) is 13.1 Å². The second-order valence-electron chi connectivity index (χ2n) is 5.32. The van der Waals surface area contributed by atoms with E-state index in [4.69, 9.17) is 18.0 Å². The quantitative estimate of drug-likeness (QED) is 0.821. The molecule has 0 fully saturated rings. The lowest BCUT2D eigenvalue weighted by Gasteiger charge is -2.25. The number of nitrogens with two attached hydrogens (primary N) is 1. The molecule has 5 heteroatoms. The molecule has 0 aliphatic rings. The van der Waals surface area contributed by atoms with E-state index in [0.717, 1.165) is 5.56 Å². The molecule has 3 nitrogen and oxygen atoms in total. The first-order valence-electron chi connectivity index (χ1n) is 6.65. The predicted molar refractivity (Wildman–Crippen MR) is 83.3 cm³/mol. The molecule has 0 aromatic heterocycles. The lowest BCUT2D eigenvalue weighted by molar-refractivity contribution is 0.0740. The number of amides is 1. The molecule has 0 saturated carbocycles. The SMILES string of the molecule is Cc1ccc(F)cc1C(=O)N(CCC(N)=S)CC(C)C. The van der Waals surface area contributed by atoms with Crippen LogP contribution in [-0.4, -0.2) is 28.9 Å². The Bertz CT molecular complexity index is 503. The maximum Gasteiger partial charge on any atom is 0.254 e. The molecule has 0 unspecified atom stereocenters. The van der Waals surface area contributed by atoms with Gasteiger partial charge in [-0.15, -0.1) is 0 Å². The number of carbonyl (C=O) groups excluding carboxylic acids is 1. The van der Waals surface area contributed by atoms with E-state index in [1.54, 1.807) is 17.9 Å². The highest BCUT2D eigenvalue weighted by molar-refractivity contribution is 7.80. The molecular weight excluding hydrogens is 275 g/mol. The Labute approximate surface area is 125 Å². The van der Waals surface area contributed by atoms with E-state index < -0.39 is 5.82 Å². The third kappa shape index (κ3) is 4.89. The highest BCUT2D eigenvalue weighted by Gasteiger charge is 2.19. The van der Waals surface area contributed by atoms with Crippen LogP contribution in [0, 0.1) is 18.7 Å². The summed E-state index contributed by atoms with van der Waals surface area (Å²) >= 11 is 4.86. The zero-order valence-corrected chi connectivity index (χ0v) is 13.0. The normalized spacial score (nSPS) is 10.7. The third-order valence-corrected chi connectivity index (χ3v) is 3.14. The Morgan fingerprint density at radius 1 is 1.45 bits per heavy atom. The van der Waals surface area contributed by atoms with Gasteiger partial charge in [0.2, 0.25) is 0 Å². The monoisotopic (exact) mass is 296 g/mol. The van der Waals surface area contributed by atoms with Gasteiger partial charge in [-0.05, 0) is 30.5 Å². The number of hydrogen-bond acceptors (Lipinski definition) is 2. The molecule has 2 N–H and O–H groups in total. The van der Waals surface area contributed by atoms with Gasteiger partial charge in [0.05, 0.1) is 4.99 Å². The molecule has 1 aromatic carbocycles. The number of rotatable bonds is 6. The van der Waals surface area contributed by atoms with Gasteiger partial charge in [0.1, 0.15) is 5.82 Å². The highest BCUT2D eigenvalue weighted by atomic mass is 32.1. The lowest BCUT2D eigenvalue weighted by Crippen LogP contribution is -2.36. The molecule has 0 bridgehead atoms. The average molecular weight is 296 g/mol. The van der Waals surface area contributed by atoms with E-state index in [1.807, 2.05) is 13.8 Å². The smallest absolute Gasteiger partial charge is 0.254 e. The first-order valence-corrected chi connectivity index (χ1v) is 7.05. The predicted octanol–water partition coefficient (Wildman–Crippen LogP) is 2.91. The summed E-state index contributed by atoms with van der Waals surface area (Å²) < 4.78 is 13.3. The van der Waals surface area contributed by atoms with Crippen LogP contribution in [0.4, 0.5) is 4.39 Å². The number of aryl methyl sites for hydroxylation is 1. The average Bonchev–Trinajstić information content (AvgIpc) is 2.36. The first kappa shape index (κ1) is 16.6. The summed E-state index contributed by atoms with van der Waals surface area (Å²) in [7, 11) is 0. The minimum absolute atomic E-state index is 0.174. The summed E-state index contributed by atoms with van der Waals surface area (Å²) in [6.07, 6.45) is 0.474. The van der Waals surface area contributed by atoms with Crippen LogP contribution in [0.15, 0.2) is 18.2 Å². The van der Waals surface area contributed by atoms with Crippen molar-refractivity contribution in [2.45, 2.75) is 27.2 Å². The fraction of sp³-hybridized carbons (Fsp3) is 0.467. The van der Waals surface area contributed by atoms with Crippen LogP contribution in [0.2, 0.25) is 0 Å².